The van der Waals surface area contributed by atoms with E-state index in [2.05, 4.69) is 15.5 Å². The van der Waals surface area contributed by atoms with Crippen molar-refractivity contribution in [3.63, 3.8) is 0 Å². The van der Waals surface area contributed by atoms with Crippen LogP contribution < -0.4 is 14.8 Å². The van der Waals surface area contributed by atoms with Crippen LogP contribution in [0.15, 0.2) is 33.3 Å². The monoisotopic (exact) mass is 347 g/mol. The van der Waals surface area contributed by atoms with Gasteiger partial charge in [0, 0.05) is 6.54 Å². The SMILES string of the molecule is Cc1occc1-c1nnc(NCc2cc(Cl)c3c(c2)OCCO3)o1. The van der Waals surface area contributed by atoms with Crippen LogP contribution >= 0.6 is 11.6 Å². The molecule has 0 radical (unpaired) electrons. The molecule has 7 nitrogen and oxygen atoms in total. The third kappa shape index (κ3) is 2.78. The van der Waals surface area contributed by atoms with Gasteiger partial charge >= 0.3 is 6.01 Å². The number of hydrogen-bond donors (Lipinski definition) is 1. The van der Waals surface area contributed by atoms with Gasteiger partial charge < -0.3 is 23.6 Å². The van der Waals surface area contributed by atoms with Gasteiger partial charge in [0.15, 0.2) is 11.5 Å². The van der Waals surface area contributed by atoms with E-state index in [1.165, 1.54) is 0 Å². The molecular formula is C16H14ClN3O4. The van der Waals surface area contributed by atoms with Gasteiger partial charge in [-0.05, 0) is 30.7 Å². The number of aromatic nitrogens is 2. The van der Waals surface area contributed by atoms with E-state index in [1.807, 2.05) is 19.1 Å². The van der Waals surface area contributed by atoms with E-state index >= 15 is 0 Å². The van der Waals surface area contributed by atoms with Crippen molar-refractivity contribution >= 4 is 17.6 Å². The predicted molar refractivity (Wildman–Crippen MR) is 86.5 cm³/mol. The lowest BCUT2D eigenvalue weighted by atomic mass is 10.2. The number of benzene rings is 1. The van der Waals surface area contributed by atoms with E-state index in [0.717, 1.165) is 16.9 Å². The molecule has 0 spiro atoms. The lowest BCUT2D eigenvalue weighted by Gasteiger charge is -2.20. The second kappa shape index (κ2) is 6.09. The molecule has 0 unspecified atom stereocenters. The highest BCUT2D eigenvalue weighted by atomic mass is 35.5. The fourth-order valence-corrected chi connectivity index (χ4v) is 2.74. The van der Waals surface area contributed by atoms with Gasteiger partial charge in [0.2, 0.25) is 0 Å². The van der Waals surface area contributed by atoms with E-state index in [0.29, 0.717) is 48.2 Å². The molecule has 8 heteroatoms. The van der Waals surface area contributed by atoms with Gasteiger partial charge in [0.05, 0.1) is 16.8 Å². The zero-order valence-corrected chi connectivity index (χ0v) is 13.6. The molecule has 24 heavy (non-hydrogen) atoms. The van der Waals surface area contributed by atoms with Crippen LogP contribution in [0.5, 0.6) is 11.5 Å². The summed E-state index contributed by atoms with van der Waals surface area (Å²) in [5.74, 6) is 2.36. The van der Waals surface area contributed by atoms with E-state index in [9.17, 15) is 0 Å². The Morgan fingerprint density at radius 3 is 2.92 bits per heavy atom. The Morgan fingerprint density at radius 2 is 2.08 bits per heavy atom. The summed E-state index contributed by atoms with van der Waals surface area (Å²) in [5.41, 5.74) is 1.70. The van der Waals surface area contributed by atoms with Crippen molar-refractivity contribution < 1.29 is 18.3 Å². The molecule has 0 aliphatic carbocycles. The van der Waals surface area contributed by atoms with Crippen molar-refractivity contribution in [3.8, 4) is 23.0 Å². The van der Waals surface area contributed by atoms with Crippen LogP contribution in [0.3, 0.4) is 0 Å². The number of halogens is 1. The Bertz CT molecular complexity index is 874. The van der Waals surface area contributed by atoms with Crippen molar-refractivity contribution in [2.24, 2.45) is 0 Å². The number of furan rings is 1. The van der Waals surface area contributed by atoms with Gasteiger partial charge in [-0.3, -0.25) is 0 Å². The largest absolute Gasteiger partial charge is 0.486 e. The topological polar surface area (TPSA) is 82.6 Å². The average molecular weight is 348 g/mol. The highest BCUT2D eigenvalue weighted by Gasteiger charge is 2.17. The molecular weight excluding hydrogens is 334 g/mol. The number of hydrogen-bond acceptors (Lipinski definition) is 7. The van der Waals surface area contributed by atoms with Crippen molar-refractivity contribution in [2.45, 2.75) is 13.5 Å². The van der Waals surface area contributed by atoms with Gasteiger partial charge in [-0.25, -0.2) is 0 Å². The molecule has 4 rings (SSSR count). The Kier molecular flexibility index (Phi) is 3.78. The quantitative estimate of drug-likeness (QED) is 0.770. The van der Waals surface area contributed by atoms with Gasteiger partial charge in [0.25, 0.3) is 5.89 Å². The maximum atomic E-state index is 6.22. The molecule has 0 amide bonds. The van der Waals surface area contributed by atoms with Crippen molar-refractivity contribution in [3.05, 3.63) is 40.8 Å². The minimum atomic E-state index is 0.316. The fraction of sp³-hybridized carbons (Fsp3) is 0.250. The van der Waals surface area contributed by atoms with Crippen LogP contribution in [0.2, 0.25) is 5.02 Å². The number of anilines is 1. The first-order valence-electron chi connectivity index (χ1n) is 7.40. The third-order valence-electron chi connectivity index (χ3n) is 3.61. The molecule has 0 atom stereocenters. The first kappa shape index (κ1) is 14.9. The summed E-state index contributed by atoms with van der Waals surface area (Å²) in [4.78, 5) is 0. The molecule has 1 aromatic carbocycles. The molecule has 1 N–H and O–H groups in total. The Hall–Kier alpha value is -2.67. The third-order valence-corrected chi connectivity index (χ3v) is 3.90. The molecule has 0 fully saturated rings. The molecule has 1 aliphatic rings. The summed E-state index contributed by atoms with van der Waals surface area (Å²) in [6.07, 6.45) is 1.58. The lowest BCUT2D eigenvalue weighted by molar-refractivity contribution is 0.171. The minimum absolute atomic E-state index is 0.316. The minimum Gasteiger partial charge on any atom is -0.486 e. The maximum Gasteiger partial charge on any atom is 0.316 e. The van der Waals surface area contributed by atoms with Gasteiger partial charge in [-0.2, -0.15) is 0 Å². The van der Waals surface area contributed by atoms with Crippen LogP contribution in [0, 0.1) is 6.92 Å². The van der Waals surface area contributed by atoms with E-state index in [1.54, 1.807) is 12.3 Å². The Labute approximate surface area is 142 Å². The molecule has 124 valence electrons. The van der Waals surface area contributed by atoms with Crippen LogP contribution in [-0.4, -0.2) is 23.4 Å². The molecule has 2 aromatic heterocycles. The number of nitrogens with one attached hydrogen (secondary N) is 1. The van der Waals surface area contributed by atoms with Crippen LogP contribution in [0.25, 0.3) is 11.5 Å². The van der Waals surface area contributed by atoms with Crippen molar-refractivity contribution in [2.75, 3.05) is 18.5 Å². The number of nitrogens with zero attached hydrogens (tertiary/aromatic N) is 2. The molecule has 0 saturated carbocycles. The van der Waals surface area contributed by atoms with Gasteiger partial charge in [-0.1, -0.05) is 16.7 Å². The summed E-state index contributed by atoms with van der Waals surface area (Å²) in [5, 5.41) is 11.6. The predicted octanol–water partition coefficient (Wildman–Crippen LogP) is 3.67. The van der Waals surface area contributed by atoms with Crippen LogP contribution in [-0.2, 0) is 6.54 Å². The van der Waals surface area contributed by atoms with E-state index in [4.69, 9.17) is 29.9 Å². The molecule has 3 heterocycles. The molecule has 0 bridgehead atoms. The van der Waals surface area contributed by atoms with Gasteiger partial charge in [0.1, 0.15) is 19.0 Å². The van der Waals surface area contributed by atoms with E-state index in [-0.39, 0.29) is 0 Å². The summed E-state index contributed by atoms with van der Waals surface area (Å²) in [6, 6.07) is 5.80. The summed E-state index contributed by atoms with van der Waals surface area (Å²) >= 11 is 6.22. The molecule has 1 aliphatic heterocycles. The maximum absolute atomic E-state index is 6.22. The normalized spacial score (nSPS) is 13.1. The fourth-order valence-electron chi connectivity index (χ4n) is 2.45. The zero-order chi connectivity index (χ0) is 16.5. The number of ether oxygens (including phenoxy) is 2. The molecule has 3 aromatic rings. The number of aryl methyl sites for hydroxylation is 1. The summed E-state index contributed by atoms with van der Waals surface area (Å²) in [6.45, 7) is 3.31. The Balaban J connectivity index is 1.49. The number of rotatable bonds is 4. The standard InChI is InChI=1S/C16H14ClN3O4/c1-9-11(2-3-21-9)15-19-20-16(24-15)18-8-10-6-12(17)14-13(7-10)22-4-5-23-14/h2-3,6-7H,4-5,8H2,1H3,(H,18,20). The zero-order valence-electron chi connectivity index (χ0n) is 12.8. The second-order valence-corrected chi connectivity index (χ2v) is 5.67. The highest BCUT2D eigenvalue weighted by Crippen LogP contribution is 2.38. The van der Waals surface area contributed by atoms with Gasteiger partial charge in [-0.15, -0.1) is 5.10 Å². The van der Waals surface area contributed by atoms with Crippen molar-refractivity contribution in [1.29, 1.82) is 0 Å². The average Bonchev–Trinajstić information content (AvgIpc) is 3.21. The number of fused-ring (bicyclic) bond motifs is 1. The lowest BCUT2D eigenvalue weighted by Crippen LogP contribution is -2.16. The summed E-state index contributed by atoms with van der Waals surface area (Å²) in [7, 11) is 0. The smallest absolute Gasteiger partial charge is 0.316 e. The summed E-state index contributed by atoms with van der Waals surface area (Å²) < 4.78 is 21.9. The Morgan fingerprint density at radius 1 is 1.21 bits per heavy atom. The highest BCUT2D eigenvalue weighted by molar-refractivity contribution is 6.32. The second-order valence-electron chi connectivity index (χ2n) is 5.26. The van der Waals surface area contributed by atoms with Crippen LogP contribution in [0.1, 0.15) is 11.3 Å². The first-order chi connectivity index (χ1) is 11.7. The van der Waals surface area contributed by atoms with E-state index < -0.39 is 0 Å². The van der Waals surface area contributed by atoms with Crippen LogP contribution in [0.4, 0.5) is 6.01 Å². The van der Waals surface area contributed by atoms with Crippen molar-refractivity contribution in [1.82, 2.24) is 10.2 Å². The molecule has 0 saturated heterocycles. The first-order valence-corrected chi connectivity index (χ1v) is 7.78.